The molecule has 6 rings (SSSR count). The molecule has 1 atom stereocenters. The summed E-state index contributed by atoms with van der Waals surface area (Å²) in [5, 5.41) is 1.20. The van der Waals surface area contributed by atoms with Gasteiger partial charge in [0.15, 0.2) is 11.6 Å². The Kier molecular flexibility index (Phi) is 5.96. The van der Waals surface area contributed by atoms with Crippen LogP contribution in [0, 0.1) is 12.8 Å². The Morgan fingerprint density at radius 3 is 2.44 bits per heavy atom. The van der Waals surface area contributed by atoms with Gasteiger partial charge in [-0.2, -0.15) is 0 Å². The second-order valence-corrected chi connectivity index (χ2v) is 10.4. The van der Waals surface area contributed by atoms with E-state index in [1.807, 2.05) is 36.4 Å². The van der Waals surface area contributed by atoms with Crippen LogP contribution in [0.15, 0.2) is 72.9 Å². The second kappa shape index (κ2) is 9.42. The molecule has 0 saturated heterocycles. The first-order chi connectivity index (χ1) is 17.6. The number of rotatable bonds is 6. The van der Waals surface area contributed by atoms with Gasteiger partial charge in [0, 0.05) is 34.8 Å². The van der Waals surface area contributed by atoms with Crippen LogP contribution in [0.5, 0.6) is 5.75 Å². The van der Waals surface area contributed by atoms with Crippen molar-refractivity contribution in [3.63, 3.8) is 0 Å². The minimum absolute atomic E-state index is 0.119. The number of ether oxygens (including phenoxy) is 1. The van der Waals surface area contributed by atoms with E-state index in [4.69, 9.17) is 4.74 Å². The second-order valence-electron chi connectivity index (χ2n) is 10.4. The summed E-state index contributed by atoms with van der Waals surface area (Å²) < 4.78 is 8.27. The molecule has 4 aromatic rings. The minimum atomic E-state index is -0.785. The van der Waals surface area contributed by atoms with Gasteiger partial charge in [0.1, 0.15) is 18.3 Å². The van der Waals surface area contributed by atoms with E-state index in [9.17, 15) is 9.59 Å². The number of hydrogen-bond acceptors (Lipinski definition) is 3. The SMILES string of the molecule is Cc1cn(CC2CCCCC2)c2cc(C3C(=O)c4ccc(OCc5ccccc5)cc4C3=O)ccc12. The molecule has 2 aliphatic carbocycles. The van der Waals surface area contributed by atoms with Crippen LogP contribution in [0.3, 0.4) is 0 Å². The Morgan fingerprint density at radius 2 is 1.64 bits per heavy atom. The zero-order valence-corrected chi connectivity index (χ0v) is 20.7. The maximum absolute atomic E-state index is 13.5. The van der Waals surface area contributed by atoms with Gasteiger partial charge in [-0.15, -0.1) is 0 Å². The number of nitrogens with zero attached hydrogens (tertiary/aromatic N) is 1. The lowest BCUT2D eigenvalue weighted by molar-refractivity contribution is 0.0890. The monoisotopic (exact) mass is 477 g/mol. The number of aromatic nitrogens is 1. The Bertz CT molecular complexity index is 1440. The summed E-state index contributed by atoms with van der Waals surface area (Å²) >= 11 is 0. The highest BCUT2D eigenvalue weighted by Crippen LogP contribution is 2.38. The summed E-state index contributed by atoms with van der Waals surface area (Å²) in [6, 6.07) is 21.3. The molecular weight excluding hydrogens is 446 g/mol. The smallest absolute Gasteiger partial charge is 0.178 e. The van der Waals surface area contributed by atoms with E-state index in [0.29, 0.717) is 29.4 Å². The van der Waals surface area contributed by atoms with Gasteiger partial charge in [0.2, 0.25) is 0 Å². The molecule has 4 heteroatoms. The minimum Gasteiger partial charge on any atom is -0.489 e. The third kappa shape index (κ3) is 4.15. The van der Waals surface area contributed by atoms with E-state index in [0.717, 1.165) is 23.2 Å². The number of hydrogen-bond donors (Lipinski definition) is 0. The van der Waals surface area contributed by atoms with Crippen molar-refractivity contribution in [2.45, 2.75) is 58.1 Å². The first kappa shape index (κ1) is 22.8. The fourth-order valence-electron chi connectivity index (χ4n) is 5.98. The summed E-state index contributed by atoms with van der Waals surface area (Å²) in [6.07, 6.45) is 8.76. The molecule has 0 N–H and O–H groups in total. The van der Waals surface area contributed by atoms with E-state index in [2.05, 4.69) is 29.8 Å². The molecule has 0 spiro atoms. The Morgan fingerprint density at radius 1 is 0.861 bits per heavy atom. The van der Waals surface area contributed by atoms with Crippen molar-refractivity contribution in [1.29, 1.82) is 0 Å². The number of aryl methyl sites for hydroxylation is 1. The molecule has 0 bridgehead atoms. The number of carbonyl (C=O) groups is 2. The molecule has 1 heterocycles. The molecule has 2 aliphatic rings. The highest BCUT2D eigenvalue weighted by atomic mass is 16.5. The summed E-state index contributed by atoms with van der Waals surface area (Å²) in [5.41, 5.74) is 5.15. The predicted molar refractivity (Wildman–Crippen MR) is 142 cm³/mol. The average Bonchev–Trinajstić information content (AvgIpc) is 3.35. The van der Waals surface area contributed by atoms with Crippen LogP contribution in [0.4, 0.5) is 0 Å². The molecule has 1 saturated carbocycles. The topological polar surface area (TPSA) is 48.3 Å². The summed E-state index contributed by atoms with van der Waals surface area (Å²) in [7, 11) is 0. The van der Waals surface area contributed by atoms with E-state index in [1.165, 1.54) is 43.1 Å². The molecule has 36 heavy (non-hydrogen) atoms. The lowest BCUT2D eigenvalue weighted by Gasteiger charge is -2.22. The van der Waals surface area contributed by atoms with Crippen molar-refractivity contribution >= 4 is 22.5 Å². The van der Waals surface area contributed by atoms with Crippen LogP contribution in [0.25, 0.3) is 10.9 Å². The third-order valence-electron chi connectivity index (χ3n) is 7.91. The van der Waals surface area contributed by atoms with Crippen molar-refractivity contribution in [1.82, 2.24) is 4.57 Å². The van der Waals surface area contributed by atoms with Crippen molar-refractivity contribution in [2.75, 3.05) is 0 Å². The van der Waals surface area contributed by atoms with Crippen LogP contribution in [0.1, 0.15) is 75.4 Å². The number of benzene rings is 3. The Balaban J connectivity index is 1.27. The zero-order chi connectivity index (χ0) is 24.6. The van der Waals surface area contributed by atoms with Crippen LogP contribution in [-0.4, -0.2) is 16.1 Å². The van der Waals surface area contributed by atoms with Crippen molar-refractivity contribution in [3.8, 4) is 5.75 Å². The van der Waals surface area contributed by atoms with Gasteiger partial charge in [0.25, 0.3) is 0 Å². The molecule has 1 unspecified atom stereocenters. The van der Waals surface area contributed by atoms with Gasteiger partial charge < -0.3 is 9.30 Å². The Hall–Kier alpha value is -3.66. The molecule has 0 aliphatic heterocycles. The lowest BCUT2D eigenvalue weighted by Crippen LogP contribution is -2.14. The van der Waals surface area contributed by atoms with E-state index >= 15 is 0 Å². The van der Waals surface area contributed by atoms with Gasteiger partial charge in [-0.1, -0.05) is 61.7 Å². The van der Waals surface area contributed by atoms with Crippen molar-refractivity contribution in [3.05, 3.63) is 101 Å². The van der Waals surface area contributed by atoms with E-state index < -0.39 is 5.92 Å². The molecule has 3 aromatic carbocycles. The average molecular weight is 478 g/mol. The predicted octanol–water partition coefficient (Wildman–Crippen LogP) is 7.27. The summed E-state index contributed by atoms with van der Waals surface area (Å²) in [4.78, 5) is 26.9. The Labute approximate surface area is 211 Å². The van der Waals surface area contributed by atoms with E-state index in [-0.39, 0.29) is 11.6 Å². The number of fused-ring (bicyclic) bond motifs is 2. The standard InChI is InChI=1S/C32H31NO3/c1-21-18-33(19-22-8-4-2-5-9-22)29-16-24(12-14-26(21)29)30-31(34)27-15-13-25(17-28(27)32(30)35)36-20-23-10-6-3-7-11-23/h3,6-7,10-18,22,30H,2,4-5,8-9,19-20H2,1H3. The van der Waals surface area contributed by atoms with Crippen LogP contribution >= 0.6 is 0 Å². The third-order valence-corrected chi connectivity index (χ3v) is 7.91. The highest BCUT2D eigenvalue weighted by Gasteiger charge is 2.40. The summed E-state index contributed by atoms with van der Waals surface area (Å²) in [5.74, 6) is 0.261. The van der Waals surface area contributed by atoms with Gasteiger partial charge >= 0.3 is 0 Å². The van der Waals surface area contributed by atoms with Gasteiger partial charge in [-0.3, -0.25) is 9.59 Å². The molecular formula is C32H31NO3. The highest BCUT2D eigenvalue weighted by molar-refractivity contribution is 6.30. The first-order valence-electron chi connectivity index (χ1n) is 13.1. The van der Waals surface area contributed by atoms with Gasteiger partial charge in [-0.25, -0.2) is 0 Å². The molecule has 1 aromatic heterocycles. The van der Waals surface area contributed by atoms with Gasteiger partial charge in [-0.05, 0) is 66.6 Å². The van der Waals surface area contributed by atoms with Crippen LogP contribution in [0.2, 0.25) is 0 Å². The summed E-state index contributed by atoms with van der Waals surface area (Å²) in [6.45, 7) is 3.56. The quantitative estimate of drug-likeness (QED) is 0.274. The maximum atomic E-state index is 13.5. The maximum Gasteiger partial charge on any atom is 0.178 e. The van der Waals surface area contributed by atoms with Gasteiger partial charge in [0.05, 0.1) is 0 Å². The normalized spacial score (nSPS) is 18.1. The molecule has 0 radical (unpaired) electrons. The fourth-order valence-corrected chi connectivity index (χ4v) is 5.98. The number of carbonyl (C=O) groups excluding carboxylic acids is 2. The molecule has 4 nitrogen and oxygen atoms in total. The first-order valence-corrected chi connectivity index (χ1v) is 13.1. The van der Waals surface area contributed by atoms with Crippen molar-refractivity contribution < 1.29 is 14.3 Å². The lowest BCUT2D eigenvalue weighted by atomic mass is 9.89. The number of ketones is 2. The largest absolute Gasteiger partial charge is 0.489 e. The van der Waals surface area contributed by atoms with E-state index in [1.54, 1.807) is 18.2 Å². The molecule has 182 valence electrons. The van der Waals surface area contributed by atoms with Crippen molar-refractivity contribution in [2.24, 2.45) is 5.92 Å². The molecule has 0 amide bonds. The van der Waals surface area contributed by atoms with Crippen LogP contribution in [-0.2, 0) is 13.2 Å². The number of Topliss-reactive ketones (excluding diaryl/α,β-unsaturated/α-hetero) is 2. The zero-order valence-electron chi connectivity index (χ0n) is 20.7. The molecule has 1 fully saturated rings. The van der Waals surface area contributed by atoms with Crippen LogP contribution < -0.4 is 4.74 Å². The fraction of sp³-hybridized carbons (Fsp3) is 0.312.